The fourth-order valence-corrected chi connectivity index (χ4v) is 1.71. The largest absolute Gasteiger partial charge is 0.481 e. The molecule has 1 aromatic carbocycles. The van der Waals surface area contributed by atoms with Crippen LogP contribution in [-0.2, 0) is 11.3 Å². The molecule has 0 spiro atoms. The van der Waals surface area contributed by atoms with E-state index in [0.29, 0.717) is 13.1 Å². The van der Waals surface area contributed by atoms with E-state index in [4.69, 9.17) is 5.11 Å². The van der Waals surface area contributed by atoms with Crippen LogP contribution in [0.25, 0.3) is 5.69 Å². The van der Waals surface area contributed by atoms with Gasteiger partial charge in [0.05, 0.1) is 12.1 Å². The summed E-state index contributed by atoms with van der Waals surface area (Å²) in [6.07, 6.45) is 3.74. The number of carbonyl (C=O) groups is 1. The maximum atomic E-state index is 10.4. The molecule has 0 unspecified atom stereocenters. The molecule has 0 saturated carbocycles. The molecule has 0 radical (unpaired) electrons. The second-order valence-corrected chi connectivity index (χ2v) is 3.90. The second kappa shape index (κ2) is 5.97. The average molecular weight is 245 g/mol. The molecular weight excluding hydrogens is 230 g/mol. The Kier molecular flexibility index (Phi) is 4.09. The third-order valence-electron chi connectivity index (χ3n) is 2.57. The monoisotopic (exact) mass is 245 g/mol. The minimum atomic E-state index is -0.789. The summed E-state index contributed by atoms with van der Waals surface area (Å²) in [6.45, 7) is 1.09. The molecule has 2 N–H and O–H groups in total. The van der Waals surface area contributed by atoms with Gasteiger partial charge in [-0.05, 0) is 17.7 Å². The summed E-state index contributed by atoms with van der Waals surface area (Å²) in [6, 6.07) is 9.78. The van der Waals surface area contributed by atoms with E-state index in [1.807, 2.05) is 36.5 Å². The molecule has 5 heteroatoms. The van der Waals surface area contributed by atoms with Crippen molar-refractivity contribution in [3.8, 4) is 5.69 Å². The molecule has 1 aromatic heterocycles. The van der Waals surface area contributed by atoms with Crippen molar-refractivity contribution in [3.05, 3.63) is 48.3 Å². The van der Waals surface area contributed by atoms with Gasteiger partial charge in [0.25, 0.3) is 0 Å². The molecule has 0 saturated heterocycles. The maximum absolute atomic E-state index is 10.4. The van der Waals surface area contributed by atoms with Crippen molar-refractivity contribution in [1.29, 1.82) is 0 Å². The number of hydrogen-bond acceptors (Lipinski definition) is 3. The second-order valence-electron chi connectivity index (χ2n) is 3.90. The number of benzene rings is 1. The summed E-state index contributed by atoms with van der Waals surface area (Å²) < 4.78 is 1.80. The summed E-state index contributed by atoms with van der Waals surface area (Å²) in [5.41, 5.74) is 2.09. The molecule has 0 fully saturated rings. The number of nitrogens with zero attached hydrogens (tertiary/aromatic N) is 2. The quantitative estimate of drug-likeness (QED) is 0.756. The lowest BCUT2D eigenvalue weighted by molar-refractivity contribution is -0.136. The first-order valence-electron chi connectivity index (χ1n) is 5.78. The maximum Gasteiger partial charge on any atom is 0.304 e. The molecule has 0 amide bonds. The van der Waals surface area contributed by atoms with E-state index >= 15 is 0 Å². The third-order valence-corrected chi connectivity index (χ3v) is 2.57. The highest BCUT2D eigenvalue weighted by atomic mass is 16.4. The summed E-state index contributed by atoms with van der Waals surface area (Å²) in [7, 11) is 0. The highest BCUT2D eigenvalue weighted by molar-refractivity contribution is 5.66. The Morgan fingerprint density at radius 3 is 2.89 bits per heavy atom. The first kappa shape index (κ1) is 12.3. The number of para-hydroxylation sites is 1. The average Bonchev–Trinajstić information content (AvgIpc) is 2.88. The van der Waals surface area contributed by atoms with Crippen LogP contribution in [0.15, 0.2) is 42.7 Å². The molecule has 2 rings (SSSR count). The molecule has 5 nitrogen and oxygen atoms in total. The van der Waals surface area contributed by atoms with Crippen LogP contribution in [0.1, 0.15) is 12.0 Å². The van der Waals surface area contributed by atoms with E-state index in [1.165, 1.54) is 0 Å². The van der Waals surface area contributed by atoms with Gasteiger partial charge in [-0.3, -0.25) is 4.79 Å². The predicted molar refractivity (Wildman–Crippen MR) is 67.5 cm³/mol. The number of nitrogens with one attached hydrogen (secondary N) is 1. The van der Waals surface area contributed by atoms with Gasteiger partial charge in [0.1, 0.15) is 0 Å². The first-order chi connectivity index (χ1) is 8.77. The Hall–Kier alpha value is -2.14. The van der Waals surface area contributed by atoms with Gasteiger partial charge in [-0.1, -0.05) is 18.2 Å². The van der Waals surface area contributed by atoms with Crippen LogP contribution in [0, 0.1) is 0 Å². The van der Waals surface area contributed by atoms with E-state index in [2.05, 4.69) is 10.4 Å². The fourth-order valence-electron chi connectivity index (χ4n) is 1.71. The Morgan fingerprint density at radius 2 is 2.17 bits per heavy atom. The normalized spacial score (nSPS) is 10.4. The zero-order valence-corrected chi connectivity index (χ0v) is 9.91. The van der Waals surface area contributed by atoms with Crippen LogP contribution in [0.3, 0.4) is 0 Å². The van der Waals surface area contributed by atoms with Crippen LogP contribution in [0.2, 0.25) is 0 Å². The lowest BCUT2D eigenvalue weighted by atomic mass is 10.2. The van der Waals surface area contributed by atoms with Crippen LogP contribution >= 0.6 is 0 Å². The number of rotatable bonds is 6. The molecule has 0 bridgehead atoms. The molecule has 0 atom stereocenters. The van der Waals surface area contributed by atoms with Crippen molar-refractivity contribution in [3.63, 3.8) is 0 Å². The zero-order chi connectivity index (χ0) is 12.8. The van der Waals surface area contributed by atoms with Gasteiger partial charge in [-0.2, -0.15) is 5.10 Å². The van der Waals surface area contributed by atoms with E-state index in [-0.39, 0.29) is 6.42 Å². The molecule has 1 heterocycles. The van der Waals surface area contributed by atoms with Crippen molar-refractivity contribution >= 4 is 5.97 Å². The van der Waals surface area contributed by atoms with Crippen LogP contribution < -0.4 is 5.32 Å². The van der Waals surface area contributed by atoms with Crippen molar-refractivity contribution in [2.75, 3.05) is 6.54 Å². The summed E-state index contributed by atoms with van der Waals surface area (Å²) in [4.78, 5) is 10.4. The van der Waals surface area contributed by atoms with E-state index in [9.17, 15) is 4.79 Å². The Bertz CT molecular complexity index is 509. The van der Waals surface area contributed by atoms with Crippen molar-refractivity contribution in [2.45, 2.75) is 13.0 Å². The predicted octanol–water partition coefficient (Wildman–Crippen LogP) is 1.44. The lowest BCUT2D eigenvalue weighted by Crippen LogP contribution is -2.18. The molecule has 2 aromatic rings. The third kappa shape index (κ3) is 3.18. The molecule has 0 aliphatic rings. The van der Waals surface area contributed by atoms with Crippen LogP contribution in [0.5, 0.6) is 0 Å². The van der Waals surface area contributed by atoms with E-state index < -0.39 is 5.97 Å². The van der Waals surface area contributed by atoms with Gasteiger partial charge in [0, 0.05) is 25.5 Å². The Morgan fingerprint density at radius 1 is 1.33 bits per heavy atom. The zero-order valence-electron chi connectivity index (χ0n) is 9.91. The van der Waals surface area contributed by atoms with Gasteiger partial charge in [0.2, 0.25) is 0 Å². The first-order valence-corrected chi connectivity index (χ1v) is 5.78. The summed E-state index contributed by atoms with van der Waals surface area (Å²) >= 11 is 0. The molecule has 0 aliphatic heterocycles. The Balaban J connectivity index is 2.02. The summed E-state index contributed by atoms with van der Waals surface area (Å²) in [5, 5.41) is 15.9. The number of hydrogen-bond donors (Lipinski definition) is 2. The van der Waals surface area contributed by atoms with Gasteiger partial charge in [-0.15, -0.1) is 0 Å². The number of aromatic nitrogens is 2. The van der Waals surface area contributed by atoms with Crippen molar-refractivity contribution in [1.82, 2.24) is 15.1 Å². The minimum Gasteiger partial charge on any atom is -0.481 e. The SMILES string of the molecule is O=C(O)CCNCc1ccccc1-n1cccn1. The standard InChI is InChI=1S/C13H15N3O2/c17-13(18)6-8-14-10-11-4-1-2-5-12(11)16-9-3-7-15-16/h1-5,7,9,14H,6,8,10H2,(H,17,18). The van der Waals surface area contributed by atoms with Crippen molar-refractivity contribution < 1.29 is 9.90 Å². The van der Waals surface area contributed by atoms with Crippen LogP contribution in [-0.4, -0.2) is 27.4 Å². The topological polar surface area (TPSA) is 67.2 Å². The molecular formula is C13H15N3O2. The molecule has 94 valence electrons. The Labute approximate surface area is 105 Å². The number of carboxylic acid groups (broad SMARTS) is 1. The van der Waals surface area contributed by atoms with Gasteiger partial charge >= 0.3 is 5.97 Å². The number of carboxylic acids is 1. The van der Waals surface area contributed by atoms with Gasteiger partial charge in [-0.25, -0.2) is 4.68 Å². The summed E-state index contributed by atoms with van der Waals surface area (Å²) in [5.74, 6) is -0.789. The minimum absolute atomic E-state index is 0.129. The van der Waals surface area contributed by atoms with Gasteiger partial charge < -0.3 is 10.4 Å². The van der Waals surface area contributed by atoms with E-state index in [1.54, 1.807) is 10.9 Å². The highest BCUT2D eigenvalue weighted by Crippen LogP contribution is 2.12. The number of aliphatic carboxylic acids is 1. The van der Waals surface area contributed by atoms with E-state index in [0.717, 1.165) is 11.3 Å². The fraction of sp³-hybridized carbons (Fsp3) is 0.231. The van der Waals surface area contributed by atoms with Gasteiger partial charge in [0.15, 0.2) is 0 Å². The molecule has 0 aliphatic carbocycles. The lowest BCUT2D eigenvalue weighted by Gasteiger charge is -2.10. The molecule has 18 heavy (non-hydrogen) atoms. The highest BCUT2D eigenvalue weighted by Gasteiger charge is 2.04. The smallest absolute Gasteiger partial charge is 0.304 e. The van der Waals surface area contributed by atoms with Crippen molar-refractivity contribution in [2.24, 2.45) is 0 Å². The van der Waals surface area contributed by atoms with Crippen LogP contribution in [0.4, 0.5) is 0 Å².